The van der Waals surface area contributed by atoms with Gasteiger partial charge in [0, 0.05) is 12.6 Å². The molecule has 1 aromatic carbocycles. The van der Waals surface area contributed by atoms with Crippen LogP contribution in [0.2, 0.25) is 0 Å². The molecule has 4 N–H and O–H groups in total. The van der Waals surface area contributed by atoms with Crippen LogP contribution in [0.15, 0.2) is 23.1 Å². The van der Waals surface area contributed by atoms with E-state index >= 15 is 0 Å². The van der Waals surface area contributed by atoms with Crippen molar-refractivity contribution >= 4 is 15.7 Å². The van der Waals surface area contributed by atoms with Gasteiger partial charge in [-0.1, -0.05) is 0 Å². The zero-order valence-corrected chi connectivity index (χ0v) is 10.5. The van der Waals surface area contributed by atoms with Crippen LogP contribution in [0.4, 0.5) is 5.69 Å². The first kappa shape index (κ1) is 13.8. The van der Waals surface area contributed by atoms with Gasteiger partial charge in [-0.15, -0.1) is 0 Å². The Morgan fingerprint density at radius 1 is 1.53 bits per heavy atom. The highest BCUT2D eigenvalue weighted by Crippen LogP contribution is 2.23. The smallest absolute Gasteiger partial charge is 0.242 e. The number of nitrogens with one attached hydrogen (secondary N) is 1. The monoisotopic (exact) mass is 260 g/mol. The molecule has 0 saturated heterocycles. The van der Waals surface area contributed by atoms with Crippen molar-refractivity contribution in [3.8, 4) is 5.75 Å². The summed E-state index contributed by atoms with van der Waals surface area (Å²) in [5, 5.41) is 9.04. The minimum atomic E-state index is -3.70. The maximum absolute atomic E-state index is 11.8. The van der Waals surface area contributed by atoms with Gasteiger partial charge in [0.1, 0.15) is 10.6 Å². The van der Waals surface area contributed by atoms with Gasteiger partial charge in [0.25, 0.3) is 0 Å². The highest BCUT2D eigenvalue weighted by atomic mass is 32.2. The predicted molar refractivity (Wildman–Crippen MR) is 64.3 cm³/mol. The number of benzene rings is 1. The van der Waals surface area contributed by atoms with E-state index in [1.807, 2.05) is 0 Å². The van der Waals surface area contributed by atoms with E-state index in [9.17, 15) is 8.42 Å². The molecule has 0 aliphatic heterocycles. The van der Waals surface area contributed by atoms with Gasteiger partial charge in [-0.05, 0) is 19.1 Å². The molecule has 7 heteroatoms. The first-order chi connectivity index (χ1) is 7.86. The van der Waals surface area contributed by atoms with Gasteiger partial charge in [0.2, 0.25) is 10.0 Å². The lowest BCUT2D eigenvalue weighted by Gasteiger charge is -2.11. The number of rotatable bonds is 5. The Hall–Kier alpha value is -1.31. The lowest BCUT2D eigenvalue weighted by atomic mass is 10.3. The minimum absolute atomic E-state index is 0.0287. The molecule has 0 saturated carbocycles. The minimum Gasteiger partial charge on any atom is -0.497 e. The third-order valence-electron chi connectivity index (χ3n) is 2.08. The number of ether oxygens (including phenoxy) is 1. The molecule has 96 valence electrons. The van der Waals surface area contributed by atoms with Crippen LogP contribution < -0.4 is 15.2 Å². The number of aliphatic hydroxyl groups excluding tert-OH is 1. The highest BCUT2D eigenvalue weighted by molar-refractivity contribution is 7.89. The molecule has 1 atom stereocenters. The van der Waals surface area contributed by atoms with Crippen molar-refractivity contribution in [1.29, 1.82) is 0 Å². The summed E-state index contributed by atoms with van der Waals surface area (Å²) in [4.78, 5) is -0.0287. The first-order valence-corrected chi connectivity index (χ1v) is 6.46. The Morgan fingerprint density at radius 3 is 2.65 bits per heavy atom. The van der Waals surface area contributed by atoms with Gasteiger partial charge < -0.3 is 15.6 Å². The van der Waals surface area contributed by atoms with Gasteiger partial charge >= 0.3 is 0 Å². The van der Waals surface area contributed by atoms with Crippen LogP contribution in [-0.2, 0) is 10.0 Å². The molecule has 0 fully saturated rings. The lowest BCUT2D eigenvalue weighted by molar-refractivity contribution is 0.198. The van der Waals surface area contributed by atoms with Gasteiger partial charge in [-0.25, -0.2) is 13.1 Å². The average Bonchev–Trinajstić information content (AvgIpc) is 2.26. The predicted octanol–water partition coefficient (Wildman–Crippen LogP) is -0.0635. The number of hydrogen-bond acceptors (Lipinski definition) is 5. The fourth-order valence-electron chi connectivity index (χ4n) is 1.21. The quantitative estimate of drug-likeness (QED) is 0.644. The molecule has 1 aromatic rings. The number of anilines is 1. The van der Waals surface area contributed by atoms with Gasteiger partial charge in [0.15, 0.2) is 0 Å². The van der Waals surface area contributed by atoms with E-state index in [-0.39, 0.29) is 17.1 Å². The standard InChI is InChI=1S/C10H16N2O4S/c1-7(13)6-12-17(14,15)10-4-3-8(16-2)5-9(10)11/h3-5,7,12-13H,6,11H2,1-2H3/t7-/m1/s1. The van der Waals surface area contributed by atoms with Crippen molar-refractivity contribution in [3.63, 3.8) is 0 Å². The van der Waals surface area contributed by atoms with Crippen molar-refractivity contribution in [2.45, 2.75) is 17.9 Å². The van der Waals surface area contributed by atoms with E-state index < -0.39 is 16.1 Å². The molecule has 0 radical (unpaired) electrons. The van der Waals surface area contributed by atoms with E-state index in [1.54, 1.807) is 0 Å². The van der Waals surface area contributed by atoms with Crippen LogP contribution >= 0.6 is 0 Å². The normalized spacial score (nSPS) is 13.4. The molecule has 0 amide bonds. The molecule has 0 spiro atoms. The Morgan fingerprint density at radius 2 is 2.18 bits per heavy atom. The second kappa shape index (κ2) is 5.35. The van der Waals surface area contributed by atoms with Gasteiger partial charge in [-0.2, -0.15) is 0 Å². The summed E-state index contributed by atoms with van der Waals surface area (Å²) in [6.45, 7) is 1.42. The van der Waals surface area contributed by atoms with Crippen molar-refractivity contribution < 1.29 is 18.3 Å². The van der Waals surface area contributed by atoms with E-state index in [1.165, 1.54) is 32.2 Å². The molecule has 0 aliphatic rings. The molecular weight excluding hydrogens is 244 g/mol. The van der Waals surface area contributed by atoms with Crippen LogP contribution in [0, 0.1) is 0 Å². The number of hydrogen-bond donors (Lipinski definition) is 3. The SMILES string of the molecule is COc1ccc(S(=O)(=O)NC[C@@H](C)O)c(N)c1. The van der Waals surface area contributed by atoms with Crippen molar-refractivity contribution in [3.05, 3.63) is 18.2 Å². The lowest BCUT2D eigenvalue weighted by Crippen LogP contribution is -2.31. The second-order valence-electron chi connectivity index (χ2n) is 3.60. The molecule has 0 unspecified atom stereocenters. The second-order valence-corrected chi connectivity index (χ2v) is 5.34. The topological polar surface area (TPSA) is 102 Å². The largest absolute Gasteiger partial charge is 0.497 e. The summed E-state index contributed by atoms with van der Waals surface area (Å²) in [5.41, 5.74) is 5.73. The molecule has 0 aliphatic carbocycles. The molecule has 6 nitrogen and oxygen atoms in total. The van der Waals surface area contributed by atoms with Gasteiger partial charge in [0.05, 0.1) is 18.9 Å². The van der Waals surface area contributed by atoms with Crippen molar-refractivity contribution in [2.24, 2.45) is 0 Å². The Balaban J connectivity index is 2.99. The highest BCUT2D eigenvalue weighted by Gasteiger charge is 2.18. The molecular formula is C10H16N2O4S. The molecule has 1 rings (SSSR count). The van der Waals surface area contributed by atoms with Crippen molar-refractivity contribution in [1.82, 2.24) is 4.72 Å². The van der Waals surface area contributed by atoms with Crippen LogP contribution in [0.25, 0.3) is 0 Å². The molecule has 0 aromatic heterocycles. The number of nitrogens with two attached hydrogens (primary N) is 1. The Labute approximate surface area is 100 Å². The maximum Gasteiger partial charge on any atom is 0.242 e. The van der Waals surface area contributed by atoms with E-state index in [2.05, 4.69) is 4.72 Å². The third-order valence-corrected chi connectivity index (χ3v) is 3.57. The molecule has 17 heavy (non-hydrogen) atoms. The Kier molecular flexibility index (Phi) is 4.33. The maximum atomic E-state index is 11.8. The summed E-state index contributed by atoms with van der Waals surface area (Å²) in [5.74, 6) is 0.483. The Bertz CT molecular complexity index is 485. The van der Waals surface area contributed by atoms with Crippen LogP contribution in [0.5, 0.6) is 5.75 Å². The van der Waals surface area contributed by atoms with E-state index in [4.69, 9.17) is 15.6 Å². The zero-order chi connectivity index (χ0) is 13.1. The van der Waals surface area contributed by atoms with E-state index in [0.29, 0.717) is 5.75 Å². The molecule has 0 bridgehead atoms. The summed E-state index contributed by atoms with van der Waals surface area (Å²) in [7, 11) is -2.23. The number of sulfonamides is 1. The van der Waals surface area contributed by atoms with Crippen LogP contribution in [-0.4, -0.2) is 33.3 Å². The summed E-state index contributed by atoms with van der Waals surface area (Å²) in [6, 6.07) is 4.29. The van der Waals surface area contributed by atoms with Crippen molar-refractivity contribution in [2.75, 3.05) is 19.4 Å². The number of methoxy groups -OCH3 is 1. The third kappa shape index (κ3) is 3.58. The zero-order valence-electron chi connectivity index (χ0n) is 9.67. The summed E-state index contributed by atoms with van der Waals surface area (Å²) < 4.78 is 30.8. The van der Waals surface area contributed by atoms with Crippen LogP contribution in [0.3, 0.4) is 0 Å². The summed E-state index contributed by atoms with van der Waals surface area (Å²) >= 11 is 0. The number of nitrogen functional groups attached to an aromatic ring is 1. The van der Waals surface area contributed by atoms with Crippen LogP contribution in [0.1, 0.15) is 6.92 Å². The fraction of sp³-hybridized carbons (Fsp3) is 0.400. The molecule has 0 heterocycles. The fourth-order valence-corrected chi connectivity index (χ4v) is 2.44. The summed E-state index contributed by atoms with van der Waals surface area (Å²) in [6.07, 6.45) is -0.760. The number of aliphatic hydroxyl groups is 1. The van der Waals surface area contributed by atoms with E-state index in [0.717, 1.165) is 0 Å². The van der Waals surface area contributed by atoms with Gasteiger partial charge in [-0.3, -0.25) is 0 Å². The first-order valence-electron chi connectivity index (χ1n) is 4.98. The average molecular weight is 260 g/mol.